The van der Waals surface area contributed by atoms with Crippen LogP contribution in [0.3, 0.4) is 0 Å². The molecule has 1 aliphatic heterocycles. The molecular weight excluding hydrogens is 181 g/mol. The Kier molecular flexibility index (Phi) is 2.35. The molecule has 1 saturated carbocycles. The predicted octanol–water partition coefficient (Wildman–Crippen LogP) is 1.99. The van der Waals surface area contributed by atoms with E-state index in [0.717, 1.165) is 0 Å². The van der Waals surface area contributed by atoms with E-state index in [4.69, 9.17) is 4.74 Å². The Labute approximate surface area is 85.4 Å². The predicted molar refractivity (Wildman–Crippen MR) is 54.1 cm³/mol. The van der Waals surface area contributed by atoms with E-state index in [-0.39, 0.29) is 12.1 Å². The fraction of sp³-hybridized carbons (Fsp3) is 1.00. The summed E-state index contributed by atoms with van der Waals surface area (Å²) in [6.07, 6.45) is 2.34. The quantitative estimate of drug-likeness (QED) is 0.643. The number of rotatable bonds is 1. The van der Waals surface area contributed by atoms with Gasteiger partial charge < -0.3 is 4.74 Å². The number of hydrogen-bond acceptors (Lipinski definition) is 2. The lowest BCUT2D eigenvalue weighted by Gasteiger charge is -2.35. The Hall–Kier alpha value is -0.150. The first kappa shape index (κ1) is 10.4. The van der Waals surface area contributed by atoms with Crippen molar-refractivity contribution < 1.29 is 9.13 Å². The van der Waals surface area contributed by atoms with Crippen LogP contribution in [0.4, 0.5) is 4.39 Å². The van der Waals surface area contributed by atoms with Crippen LogP contribution in [-0.4, -0.2) is 41.9 Å². The van der Waals surface area contributed by atoms with Crippen LogP contribution in [0.15, 0.2) is 0 Å². The van der Waals surface area contributed by atoms with Crippen LogP contribution in [0, 0.1) is 0 Å². The monoisotopic (exact) mass is 201 g/mol. The summed E-state index contributed by atoms with van der Waals surface area (Å²) >= 11 is 0. The van der Waals surface area contributed by atoms with Crippen LogP contribution in [-0.2, 0) is 4.74 Å². The highest BCUT2D eigenvalue weighted by atomic mass is 19.1. The lowest BCUT2D eigenvalue weighted by atomic mass is 10.1. The summed E-state index contributed by atoms with van der Waals surface area (Å²) < 4.78 is 19.4. The maximum absolute atomic E-state index is 13.9. The van der Waals surface area contributed by atoms with Gasteiger partial charge in [0.05, 0.1) is 13.2 Å². The second-order valence-corrected chi connectivity index (χ2v) is 5.35. The molecule has 1 unspecified atom stereocenters. The molecule has 1 saturated heterocycles. The van der Waals surface area contributed by atoms with Crippen LogP contribution >= 0.6 is 0 Å². The first-order valence-electron chi connectivity index (χ1n) is 5.49. The summed E-state index contributed by atoms with van der Waals surface area (Å²) in [5.74, 6) is 0. The lowest BCUT2D eigenvalue weighted by molar-refractivity contribution is 0.0434. The molecule has 0 bridgehead atoms. The minimum Gasteiger partial charge on any atom is -0.376 e. The largest absolute Gasteiger partial charge is 0.376 e. The molecule has 0 amide bonds. The van der Waals surface area contributed by atoms with Gasteiger partial charge >= 0.3 is 0 Å². The zero-order chi connectivity index (χ0) is 10.4. The van der Waals surface area contributed by atoms with Gasteiger partial charge in [0.15, 0.2) is 0 Å². The summed E-state index contributed by atoms with van der Waals surface area (Å²) in [5, 5.41) is 0. The molecule has 0 radical (unpaired) electrons. The van der Waals surface area contributed by atoms with Crippen molar-refractivity contribution in [1.29, 1.82) is 0 Å². The molecule has 3 heteroatoms. The van der Waals surface area contributed by atoms with E-state index in [0.29, 0.717) is 19.2 Å². The summed E-state index contributed by atoms with van der Waals surface area (Å²) in [5.41, 5.74) is -1.01. The standard InChI is InChI=1S/C11H20FNO/c1-9(2)13-6-10(3,12)7-14-8-11(13)4-5-11/h9H,4-8H2,1-3H3. The molecule has 0 aromatic rings. The minimum atomic E-state index is -1.18. The van der Waals surface area contributed by atoms with Crippen LogP contribution in [0.2, 0.25) is 0 Å². The summed E-state index contributed by atoms with van der Waals surface area (Å²) in [6.45, 7) is 7.40. The number of nitrogens with zero attached hydrogens (tertiary/aromatic N) is 1. The van der Waals surface area contributed by atoms with Gasteiger partial charge in [0.1, 0.15) is 5.67 Å². The van der Waals surface area contributed by atoms with Gasteiger partial charge in [-0.05, 0) is 33.6 Å². The topological polar surface area (TPSA) is 12.5 Å². The number of ether oxygens (including phenoxy) is 1. The molecule has 14 heavy (non-hydrogen) atoms. The first-order chi connectivity index (χ1) is 6.45. The van der Waals surface area contributed by atoms with E-state index in [1.54, 1.807) is 6.92 Å². The maximum Gasteiger partial charge on any atom is 0.144 e. The van der Waals surface area contributed by atoms with Gasteiger partial charge in [0, 0.05) is 18.1 Å². The summed E-state index contributed by atoms with van der Waals surface area (Å²) in [4.78, 5) is 2.29. The highest BCUT2D eigenvalue weighted by molar-refractivity contribution is 5.07. The Morgan fingerprint density at radius 2 is 1.93 bits per heavy atom. The summed E-state index contributed by atoms with van der Waals surface area (Å²) in [7, 11) is 0. The van der Waals surface area contributed by atoms with E-state index in [1.807, 2.05) is 0 Å². The van der Waals surface area contributed by atoms with E-state index < -0.39 is 5.67 Å². The van der Waals surface area contributed by atoms with E-state index >= 15 is 0 Å². The van der Waals surface area contributed by atoms with Crippen LogP contribution in [0.25, 0.3) is 0 Å². The van der Waals surface area contributed by atoms with Crippen LogP contribution in [0.5, 0.6) is 0 Å². The Balaban J connectivity index is 2.15. The molecule has 1 heterocycles. The van der Waals surface area contributed by atoms with Crippen LogP contribution < -0.4 is 0 Å². The second-order valence-electron chi connectivity index (χ2n) is 5.35. The number of hydrogen-bond donors (Lipinski definition) is 0. The molecule has 1 spiro atoms. The first-order valence-corrected chi connectivity index (χ1v) is 5.49. The summed E-state index contributed by atoms with van der Waals surface area (Å²) in [6, 6.07) is 0.411. The fourth-order valence-electron chi connectivity index (χ4n) is 2.41. The van der Waals surface area contributed by atoms with Crippen molar-refractivity contribution in [1.82, 2.24) is 4.90 Å². The van der Waals surface area contributed by atoms with Gasteiger partial charge in [-0.25, -0.2) is 4.39 Å². The van der Waals surface area contributed by atoms with Gasteiger partial charge in [0.2, 0.25) is 0 Å². The number of alkyl halides is 1. The van der Waals surface area contributed by atoms with Crippen molar-refractivity contribution in [3.63, 3.8) is 0 Å². The molecular formula is C11H20FNO. The normalized spacial score (nSPS) is 37.5. The average molecular weight is 201 g/mol. The smallest absolute Gasteiger partial charge is 0.144 e. The van der Waals surface area contributed by atoms with E-state index in [9.17, 15) is 4.39 Å². The van der Waals surface area contributed by atoms with Gasteiger partial charge in [-0.3, -0.25) is 4.90 Å². The number of halogens is 1. The molecule has 0 N–H and O–H groups in total. The molecule has 2 fully saturated rings. The average Bonchev–Trinajstić information content (AvgIpc) is 2.81. The van der Waals surface area contributed by atoms with Gasteiger partial charge in [-0.1, -0.05) is 0 Å². The highest BCUT2D eigenvalue weighted by Crippen LogP contribution is 2.45. The Morgan fingerprint density at radius 1 is 1.29 bits per heavy atom. The van der Waals surface area contributed by atoms with Crippen molar-refractivity contribution in [2.24, 2.45) is 0 Å². The maximum atomic E-state index is 13.9. The Bertz CT molecular complexity index is 223. The second kappa shape index (κ2) is 3.17. The van der Waals surface area contributed by atoms with Crippen molar-refractivity contribution in [2.45, 2.75) is 50.9 Å². The van der Waals surface area contributed by atoms with Gasteiger partial charge in [-0.15, -0.1) is 0 Å². The van der Waals surface area contributed by atoms with Crippen molar-refractivity contribution in [3.05, 3.63) is 0 Å². The molecule has 2 rings (SSSR count). The van der Waals surface area contributed by atoms with Crippen molar-refractivity contribution in [3.8, 4) is 0 Å². The van der Waals surface area contributed by atoms with Gasteiger partial charge in [0.25, 0.3) is 0 Å². The van der Waals surface area contributed by atoms with E-state index in [2.05, 4.69) is 18.7 Å². The zero-order valence-corrected chi connectivity index (χ0v) is 9.35. The zero-order valence-electron chi connectivity index (χ0n) is 9.35. The van der Waals surface area contributed by atoms with Crippen molar-refractivity contribution in [2.75, 3.05) is 19.8 Å². The molecule has 1 aliphatic carbocycles. The highest BCUT2D eigenvalue weighted by Gasteiger charge is 2.52. The third-order valence-corrected chi connectivity index (χ3v) is 3.33. The van der Waals surface area contributed by atoms with Gasteiger partial charge in [-0.2, -0.15) is 0 Å². The van der Waals surface area contributed by atoms with E-state index in [1.165, 1.54) is 12.8 Å². The molecule has 0 aromatic heterocycles. The lowest BCUT2D eigenvalue weighted by Crippen LogP contribution is -2.48. The Morgan fingerprint density at radius 3 is 2.43 bits per heavy atom. The third-order valence-electron chi connectivity index (χ3n) is 3.33. The SMILES string of the molecule is CC(C)N1CC(C)(F)COCC12CC2. The molecule has 82 valence electrons. The molecule has 2 aliphatic rings. The molecule has 0 aromatic carbocycles. The fourth-order valence-corrected chi connectivity index (χ4v) is 2.41. The van der Waals surface area contributed by atoms with Crippen LogP contribution in [0.1, 0.15) is 33.6 Å². The molecule has 2 nitrogen and oxygen atoms in total. The minimum absolute atomic E-state index is 0.179. The molecule has 1 atom stereocenters. The third kappa shape index (κ3) is 1.80. The van der Waals surface area contributed by atoms with Crippen molar-refractivity contribution >= 4 is 0 Å².